The Morgan fingerprint density at radius 3 is 2.43 bits per heavy atom. The SMILES string of the molecule is Cc1ccc(S(=O)(=O)n2c(I)cc3nccc(C)c32)cc1. The maximum absolute atomic E-state index is 12.9. The second-order valence-electron chi connectivity index (χ2n) is 4.91. The Bertz CT molecular complexity index is 928. The number of halogens is 1. The molecule has 0 amide bonds. The fourth-order valence-corrected chi connectivity index (χ4v) is 5.04. The summed E-state index contributed by atoms with van der Waals surface area (Å²) in [4.78, 5) is 4.54. The van der Waals surface area contributed by atoms with Gasteiger partial charge in [0.05, 0.1) is 19.6 Å². The van der Waals surface area contributed by atoms with Crippen LogP contribution in [0.15, 0.2) is 47.5 Å². The van der Waals surface area contributed by atoms with Crippen LogP contribution in [0, 0.1) is 17.5 Å². The smallest absolute Gasteiger partial charge is 0.255 e. The zero-order valence-corrected chi connectivity index (χ0v) is 14.5. The lowest BCUT2D eigenvalue weighted by Gasteiger charge is -2.10. The van der Waals surface area contributed by atoms with Crippen molar-refractivity contribution >= 4 is 43.6 Å². The predicted molar refractivity (Wildman–Crippen MR) is 90.9 cm³/mol. The van der Waals surface area contributed by atoms with Crippen LogP contribution in [0.2, 0.25) is 0 Å². The van der Waals surface area contributed by atoms with Gasteiger partial charge in [-0.15, -0.1) is 0 Å². The first-order valence-corrected chi connectivity index (χ1v) is 8.88. The van der Waals surface area contributed by atoms with Crippen molar-refractivity contribution in [1.29, 1.82) is 0 Å². The third-order valence-corrected chi connectivity index (χ3v) is 6.22. The molecular weight excluding hydrogens is 399 g/mol. The average Bonchev–Trinajstić information content (AvgIpc) is 2.77. The predicted octanol–water partition coefficient (Wildman–Crippen LogP) is 3.49. The van der Waals surface area contributed by atoms with E-state index in [9.17, 15) is 8.42 Å². The summed E-state index contributed by atoms with van der Waals surface area (Å²) >= 11 is 2.03. The summed E-state index contributed by atoms with van der Waals surface area (Å²) in [5.41, 5.74) is 3.25. The monoisotopic (exact) mass is 412 g/mol. The van der Waals surface area contributed by atoms with Crippen LogP contribution in [0.5, 0.6) is 0 Å². The molecule has 0 radical (unpaired) electrons. The molecule has 0 saturated carbocycles. The zero-order chi connectivity index (χ0) is 15.2. The number of hydrogen-bond donors (Lipinski definition) is 0. The number of rotatable bonds is 2. The Kier molecular flexibility index (Phi) is 3.53. The van der Waals surface area contributed by atoms with Crippen molar-refractivity contribution in [3.8, 4) is 0 Å². The maximum atomic E-state index is 12.9. The molecule has 6 heteroatoms. The van der Waals surface area contributed by atoms with Crippen LogP contribution in [0.25, 0.3) is 11.0 Å². The third-order valence-electron chi connectivity index (χ3n) is 3.37. The first-order valence-electron chi connectivity index (χ1n) is 6.36. The van der Waals surface area contributed by atoms with Crippen molar-refractivity contribution in [3.63, 3.8) is 0 Å². The van der Waals surface area contributed by atoms with E-state index in [1.165, 1.54) is 3.97 Å². The molecule has 0 saturated heterocycles. The van der Waals surface area contributed by atoms with Gasteiger partial charge in [0.15, 0.2) is 0 Å². The van der Waals surface area contributed by atoms with Crippen LogP contribution in [-0.4, -0.2) is 17.4 Å². The van der Waals surface area contributed by atoms with Crippen molar-refractivity contribution in [2.24, 2.45) is 0 Å². The molecule has 1 aromatic carbocycles. The molecule has 0 atom stereocenters. The van der Waals surface area contributed by atoms with Crippen molar-refractivity contribution in [2.45, 2.75) is 18.7 Å². The fourth-order valence-electron chi connectivity index (χ4n) is 2.27. The van der Waals surface area contributed by atoms with Gasteiger partial charge in [0.1, 0.15) is 0 Å². The van der Waals surface area contributed by atoms with E-state index in [1.54, 1.807) is 36.5 Å². The number of pyridine rings is 1. The van der Waals surface area contributed by atoms with Crippen molar-refractivity contribution in [3.05, 3.63) is 57.4 Å². The average molecular weight is 412 g/mol. The highest BCUT2D eigenvalue weighted by Crippen LogP contribution is 2.27. The number of fused-ring (bicyclic) bond motifs is 1. The van der Waals surface area contributed by atoms with E-state index in [1.807, 2.05) is 42.5 Å². The summed E-state index contributed by atoms with van der Waals surface area (Å²) in [5, 5.41) is 0. The standard InChI is InChI=1S/C15H13IN2O2S/c1-10-3-5-12(6-4-10)21(19,20)18-14(16)9-13-15(18)11(2)7-8-17-13/h3-9H,1-2H3. The molecule has 3 aromatic rings. The fraction of sp³-hybridized carbons (Fsp3) is 0.133. The first-order chi connectivity index (χ1) is 9.91. The lowest BCUT2D eigenvalue weighted by atomic mass is 10.2. The summed E-state index contributed by atoms with van der Waals surface area (Å²) in [6.07, 6.45) is 1.69. The molecule has 0 N–H and O–H groups in total. The number of hydrogen-bond acceptors (Lipinski definition) is 3. The number of aryl methyl sites for hydroxylation is 2. The molecular formula is C15H13IN2O2S. The highest BCUT2D eigenvalue weighted by atomic mass is 127. The highest BCUT2D eigenvalue weighted by Gasteiger charge is 2.23. The molecule has 3 rings (SSSR count). The minimum absolute atomic E-state index is 0.284. The molecule has 2 heterocycles. The molecule has 108 valence electrons. The Labute approximate surface area is 137 Å². The lowest BCUT2D eigenvalue weighted by Crippen LogP contribution is -2.14. The van der Waals surface area contributed by atoms with E-state index in [-0.39, 0.29) is 4.90 Å². The van der Waals surface area contributed by atoms with Crippen molar-refractivity contribution < 1.29 is 8.42 Å². The quantitative estimate of drug-likeness (QED) is 0.606. The van der Waals surface area contributed by atoms with E-state index < -0.39 is 10.0 Å². The minimum atomic E-state index is -3.62. The summed E-state index contributed by atoms with van der Waals surface area (Å²) < 4.78 is 27.8. The Hall–Kier alpha value is -1.41. The molecule has 0 unspecified atom stereocenters. The summed E-state index contributed by atoms with van der Waals surface area (Å²) in [7, 11) is -3.62. The first kappa shape index (κ1) is 14.5. The highest BCUT2D eigenvalue weighted by molar-refractivity contribution is 14.1. The van der Waals surface area contributed by atoms with E-state index in [0.29, 0.717) is 14.7 Å². The summed E-state index contributed by atoms with van der Waals surface area (Å²) in [5.74, 6) is 0. The molecule has 2 aromatic heterocycles. The van der Waals surface area contributed by atoms with Gasteiger partial charge >= 0.3 is 0 Å². The normalized spacial score (nSPS) is 12.0. The van der Waals surface area contributed by atoms with E-state index in [0.717, 1.165) is 11.1 Å². The number of benzene rings is 1. The van der Waals surface area contributed by atoms with Gasteiger partial charge in [-0.3, -0.25) is 4.98 Å². The molecule has 0 fully saturated rings. The molecule has 0 bridgehead atoms. The minimum Gasteiger partial charge on any atom is -0.255 e. The number of aromatic nitrogens is 2. The second kappa shape index (κ2) is 5.10. The van der Waals surface area contributed by atoms with Gasteiger partial charge in [-0.25, -0.2) is 12.4 Å². The molecule has 0 spiro atoms. The third kappa shape index (κ3) is 2.36. The van der Waals surface area contributed by atoms with Crippen LogP contribution >= 0.6 is 22.6 Å². The van der Waals surface area contributed by atoms with Crippen LogP contribution in [0.3, 0.4) is 0 Å². The van der Waals surface area contributed by atoms with Crippen molar-refractivity contribution in [1.82, 2.24) is 8.96 Å². The van der Waals surface area contributed by atoms with Gasteiger partial charge in [0, 0.05) is 6.20 Å². The van der Waals surface area contributed by atoms with Gasteiger partial charge in [-0.1, -0.05) is 17.7 Å². The molecule has 0 aliphatic heterocycles. The van der Waals surface area contributed by atoms with E-state index >= 15 is 0 Å². The van der Waals surface area contributed by atoms with Crippen LogP contribution in [0.1, 0.15) is 11.1 Å². The molecule has 21 heavy (non-hydrogen) atoms. The lowest BCUT2D eigenvalue weighted by molar-refractivity contribution is 0.588. The van der Waals surface area contributed by atoms with Crippen LogP contribution in [0.4, 0.5) is 0 Å². The zero-order valence-electron chi connectivity index (χ0n) is 11.5. The summed E-state index contributed by atoms with van der Waals surface area (Å²) in [6, 6.07) is 10.5. The van der Waals surface area contributed by atoms with Crippen molar-refractivity contribution in [2.75, 3.05) is 0 Å². The van der Waals surface area contributed by atoms with Crippen LogP contribution in [-0.2, 0) is 10.0 Å². The van der Waals surface area contributed by atoms with Crippen LogP contribution < -0.4 is 0 Å². The topological polar surface area (TPSA) is 52.0 Å². The van der Waals surface area contributed by atoms with Gasteiger partial charge in [-0.2, -0.15) is 0 Å². The van der Waals surface area contributed by atoms with Gasteiger partial charge < -0.3 is 0 Å². The molecule has 4 nitrogen and oxygen atoms in total. The Morgan fingerprint density at radius 2 is 1.76 bits per heavy atom. The van der Waals surface area contributed by atoms with E-state index in [2.05, 4.69) is 4.98 Å². The van der Waals surface area contributed by atoms with Gasteiger partial charge in [-0.05, 0) is 66.3 Å². The maximum Gasteiger partial charge on any atom is 0.269 e. The van der Waals surface area contributed by atoms with Gasteiger partial charge in [0.25, 0.3) is 10.0 Å². The largest absolute Gasteiger partial charge is 0.269 e. The Morgan fingerprint density at radius 1 is 1.10 bits per heavy atom. The van der Waals surface area contributed by atoms with E-state index in [4.69, 9.17) is 0 Å². The molecule has 0 aliphatic carbocycles. The summed E-state index contributed by atoms with van der Waals surface area (Å²) in [6.45, 7) is 3.82. The number of nitrogens with zero attached hydrogens (tertiary/aromatic N) is 2. The van der Waals surface area contributed by atoms with Gasteiger partial charge in [0.2, 0.25) is 0 Å². The Balaban J connectivity index is 2.34. The molecule has 0 aliphatic rings. The second-order valence-corrected chi connectivity index (χ2v) is 7.80.